The zero-order chi connectivity index (χ0) is 19.3. The number of ether oxygens (including phenoxy) is 1. The van der Waals surface area contributed by atoms with Gasteiger partial charge < -0.3 is 15.4 Å². The van der Waals surface area contributed by atoms with Gasteiger partial charge in [0.05, 0.1) is 11.0 Å². The van der Waals surface area contributed by atoms with Gasteiger partial charge in [-0.1, -0.05) is 17.7 Å². The Morgan fingerprint density at radius 2 is 1.85 bits per heavy atom. The van der Waals surface area contributed by atoms with Crippen molar-refractivity contribution in [3.05, 3.63) is 53.6 Å². The first-order chi connectivity index (χ1) is 12.9. The van der Waals surface area contributed by atoms with E-state index >= 15 is 0 Å². The van der Waals surface area contributed by atoms with E-state index in [1.807, 2.05) is 0 Å². The van der Waals surface area contributed by atoms with Crippen LogP contribution in [0.1, 0.15) is 12.8 Å². The molecule has 3 N–H and O–H groups in total. The number of carbonyl (C=O) groups excluding carboxylic acids is 1. The quantitative estimate of drug-likeness (QED) is 0.680. The van der Waals surface area contributed by atoms with Crippen LogP contribution in [0.25, 0.3) is 0 Å². The molecule has 0 bridgehead atoms. The average Bonchev–Trinajstić information content (AvgIpc) is 3.14. The van der Waals surface area contributed by atoms with Crippen LogP contribution in [0.2, 0.25) is 5.02 Å². The summed E-state index contributed by atoms with van der Waals surface area (Å²) in [5.41, 5.74) is 1.02. The lowest BCUT2D eigenvalue weighted by atomic mass is 10.2. The Bertz CT molecular complexity index is 897. The Balaban J connectivity index is 1.56. The second-order valence-electron chi connectivity index (χ2n) is 6.10. The number of hydrogen-bond donors (Lipinski definition) is 3. The fourth-order valence-electron chi connectivity index (χ4n) is 2.67. The van der Waals surface area contributed by atoms with E-state index in [0.717, 1.165) is 12.8 Å². The third kappa shape index (κ3) is 5.67. The summed E-state index contributed by atoms with van der Waals surface area (Å²) in [5.74, 6) is 0. The molecule has 0 spiro atoms. The van der Waals surface area contributed by atoms with Crippen LogP contribution in [0.5, 0.6) is 0 Å². The number of amides is 2. The van der Waals surface area contributed by atoms with E-state index in [9.17, 15) is 13.2 Å². The summed E-state index contributed by atoms with van der Waals surface area (Å²) < 4.78 is 32.6. The highest BCUT2D eigenvalue weighted by Gasteiger charge is 2.20. The molecule has 27 heavy (non-hydrogen) atoms. The van der Waals surface area contributed by atoms with Crippen molar-refractivity contribution in [3.63, 3.8) is 0 Å². The van der Waals surface area contributed by atoms with Crippen molar-refractivity contribution >= 4 is 39.0 Å². The summed E-state index contributed by atoms with van der Waals surface area (Å²) in [6, 6.07) is 12.2. The highest BCUT2D eigenvalue weighted by molar-refractivity contribution is 7.89. The monoisotopic (exact) mass is 409 g/mol. The van der Waals surface area contributed by atoms with E-state index in [1.54, 1.807) is 24.3 Å². The molecule has 1 atom stereocenters. The van der Waals surface area contributed by atoms with Crippen LogP contribution in [-0.4, -0.2) is 33.7 Å². The summed E-state index contributed by atoms with van der Waals surface area (Å²) in [4.78, 5) is 12.1. The van der Waals surface area contributed by atoms with Gasteiger partial charge in [0.15, 0.2) is 0 Å². The lowest BCUT2D eigenvalue weighted by Crippen LogP contribution is -2.31. The predicted octanol–water partition coefficient (Wildman–Crippen LogP) is 3.44. The largest absolute Gasteiger partial charge is 0.377 e. The third-order valence-electron chi connectivity index (χ3n) is 4.03. The maximum absolute atomic E-state index is 12.3. The molecule has 1 fully saturated rings. The number of sulfonamides is 1. The lowest BCUT2D eigenvalue weighted by Gasteiger charge is -2.12. The third-order valence-corrected chi connectivity index (χ3v) is 5.70. The molecule has 0 aliphatic carbocycles. The van der Waals surface area contributed by atoms with E-state index in [1.165, 1.54) is 24.3 Å². The Labute approximate surface area is 163 Å². The molecular weight excluding hydrogens is 390 g/mol. The highest BCUT2D eigenvalue weighted by atomic mass is 35.5. The first-order valence-electron chi connectivity index (χ1n) is 8.47. The summed E-state index contributed by atoms with van der Waals surface area (Å²) in [6.07, 6.45) is 1.73. The van der Waals surface area contributed by atoms with Gasteiger partial charge >= 0.3 is 6.03 Å². The number of rotatable bonds is 6. The van der Waals surface area contributed by atoms with Crippen LogP contribution in [0.4, 0.5) is 16.2 Å². The molecule has 1 saturated heterocycles. The SMILES string of the molecule is O=C(Nc1ccc(S(=O)(=O)NCC2CCCO2)cc1)Nc1cccc(Cl)c1. The smallest absolute Gasteiger partial charge is 0.323 e. The summed E-state index contributed by atoms with van der Waals surface area (Å²) in [7, 11) is -3.62. The van der Waals surface area contributed by atoms with Gasteiger partial charge in [0.2, 0.25) is 10.0 Å². The molecule has 1 aliphatic rings. The molecule has 0 saturated carbocycles. The van der Waals surface area contributed by atoms with Crippen LogP contribution in [0, 0.1) is 0 Å². The van der Waals surface area contributed by atoms with Crippen molar-refractivity contribution in [3.8, 4) is 0 Å². The molecule has 3 rings (SSSR count). The van der Waals surface area contributed by atoms with Crippen LogP contribution < -0.4 is 15.4 Å². The predicted molar refractivity (Wildman–Crippen MR) is 105 cm³/mol. The van der Waals surface area contributed by atoms with Gasteiger partial charge in [0.1, 0.15) is 0 Å². The molecular formula is C18H20ClN3O4S. The minimum absolute atomic E-state index is 0.0732. The van der Waals surface area contributed by atoms with E-state index in [4.69, 9.17) is 16.3 Å². The van der Waals surface area contributed by atoms with Gasteiger partial charge in [0, 0.05) is 29.5 Å². The summed E-state index contributed by atoms with van der Waals surface area (Å²) >= 11 is 5.87. The van der Waals surface area contributed by atoms with Crippen molar-refractivity contribution < 1.29 is 17.9 Å². The van der Waals surface area contributed by atoms with Gasteiger partial charge in [-0.3, -0.25) is 0 Å². The molecule has 1 aliphatic heterocycles. The van der Waals surface area contributed by atoms with Crippen molar-refractivity contribution in [1.29, 1.82) is 0 Å². The number of nitrogens with one attached hydrogen (secondary N) is 3. The zero-order valence-corrected chi connectivity index (χ0v) is 16.0. The minimum atomic E-state index is -3.62. The van der Waals surface area contributed by atoms with E-state index in [0.29, 0.717) is 23.0 Å². The van der Waals surface area contributed by atoms with Crippen LogP contribution in [0.3, 0.4) is 0 Å². The van der Waals surface area contributed by atoms with Gasteiger partial charge in [-0.25, -0.2) is 17.9 Å². The zero-order valence-electron chi connectivity index (χ0n) is 14.4. The number of anilines is 2. The molecule has 0 radical (unpaired) electrons. The Morgan fingerprint density at radius 1 is 1.11 bits per heavy atom. The van der Waals surface area contributed by atoms with Crippen LogP contribution in [-0.2, 0) is 14.8 Å². The molecule has 144 valence electrons. The molecule has 9 heteroatoms. The van der Waals surface area contributed by atoms with E-state index in [-0.39, 0.29) is 17.5 Å². The summed E-state index contributed by atoms with van der Waals surface area (Å²) in [5, 5.41) is 5.80. The average molecular weight is 410 g/mol. The Hall–Kier alpha value is -2.13. The fourth-order valence-corrected chi connectivity index (χ4v) is 3.93. The number of benzene rings is 2. The number of hydrogen-bond acceptors (Lipinski definition) is 4. The topological polar surface area (TPSA) is 96.5 Å². The highest BCUT2D eigenvalue weighted by Crippen LogP contribution is 2.17. The second kappa shape index (κ2) is 8.71. The Morgan fingerprint density at radius 3 is 2.52 bits per heavy atom. The van der Waals surface area contributed by atoms with Crippen LogP contribution >= 0.6 is 11.6 Å². The standard InChI is InChI=1S/C18H20ClN3O4S/c19-13-3-1-4-15(11-13)22-18(23)21-14-6-8-17(9-7-14)27(24,25)20-12-16-5-2-10-26-16/h1,3-4,6-9,11,16,20H,2,5,10,12H2,(H2,21,22,23). The van der Waals surface area contributed by atoms with Crippen molar-refractivity contribution in [1.82, 2.24) is 4.72 Å². The second-order valence-corrected chi connectivity index (χ2v) is 8.30. The molecule has 0 aromatic heterocycles. The van der Waals surface area contributed by atoms with Crippen LogP contribution in [0.15, 0.2) is 53.4 Å². The maximum atomic E-state index is 12.3. The summed E-state index contributed by atoms with van der Waals surface area (Å²) in [6.45, 7) is 0.925. The molecule has 2 aromatic rings. The number of carbonyl (C=O) groups is 1. The molecule has 1 unspecified atom stereocenters. The molecule has 2 amide bonds. The van der Waals surface area contributed by atoms with Crippen molar-refractivity contribution in [2.45, 2.75) is 23.8 Å². The Kier molecular flexibility index (Phi) is 6.33. The first-order valence-corrected chi connectivity index (χ1v) is 10.3. The molecule has 7 nitrogen and oxygen atoms in total. The van der Waals surface area contributed by atoms with Gasteiger partial charge in [0.25, 0.3) is 0 Å². The minimum Gasteiger partial charge on any atom is -0.377 e. The first kappa shape index (κ1) is 19.6. The lowest BCUT2D eigenvalue weighted by molar-refractivity contribution is 0.114. The molecule has 2 aromatic carbocycles. The van der Waals surface area contributed by atoms with Gasteiger partial charge in [-0.2, -0.15) is 0 Å². The van der Waals surface area contributed by atoms with Gasteiger partial charge in [-0.15, -0.1) is 0 Å². The molecule has 1 heterocycles. The van der Waals surface area contributed by atoms with E-state index in [2.05, 4.69) is 15.4 Å². The number of halogens is 1. The van der Waals surface area contributed by atoms with Crippen molar-refractivity contribution in [2.75, 3.05) is 23.8 Å². The van der Waals surface area contributed by atoms with E-state index < -0.39 is 16.1 Å². The number of urea groups is 1. The maximum Gasteiger partial charge on any atom is 0.323 e. The fraction of sp³-hybridized carbons (Fsp3) is 0.278. The van der Waals surface area contributed by atoms with Crippen molar-refractivity contribution in [2.24, 2.45) is 0 Å². The normalized spacial score (nSPS) is 16.9. The van der Waals surface area contributed by atoms with Gasteiger partial charge in [-0.05, 0) is 55.3 Å².